The summed E-state index contributed by atoms with van der Waals surface area (Å²) in [6, 6.07) is 37.6. The Hall–Kier alpha value is -6.49. The highest BCUT2D eigenvalue weighted by Gasteiger charge is 2.49. The molecule has 15 nitrogen and oxygen atoms in total. The maximum Gasteiger partial charge on any atom is 0.408 e. The van der Waals surface area contributed by atoms with Crippen LogP contribution in [0.25, 0.3) is 0 Å². The molecule has 0 radical (unpaired) electrons. The first kappa shape index (κ1) is 57.8. The lowest BCUT2D eigenvalue weighted by atomic mass is 9.87. The van der Waals surface area contributed by atoms with Gasteiger partial charge in [0.2, 0.25) is 0 Å². The number of carbonyl (C=O) groups excluding carboxylic acids is 4. The van der Waals surface area contributed by atoms with Gasteiger partial charge in [0.25, 0.3) is 0 Å². The number of methoxy groups -OCH3 is 1. The number of esters is 3. The normalized spacial score (nSPS) is 18.4. The summed E-state index contributed by atoms with van der Waals surface area (Å²) in [6.45, 7) is 17.8. The van der Waals surface area contributed by atoms with Crippen molar-refractivity contribution in [3.63, 3.8) is 0 Å². The molecule has 75 heavy (non-hydrogen) atoms. The monoisotopic (exact) mass is 1030 g/mol. The van der Waals surface area contributed by atoms with Crippen LogP contribution >= 0.6 is 0 Å². The summed E-state index contributed by atoms with van der Waals surface area (Å²) in [7, 11) is 1.17. The minimum atomic E-state index is -1.47. The minimum Gasteiger partial charge on any atom is -0.467 e. The number of rotatable bonds is 21. The van der Waals surface area contributed by atoms with Gasteiger partial charge in [-0.1, -0.05) is 121 Å². The van der Waals surface area contributed by atoms with E-state index in [1.807, 2.05) is 121 Å². The van der Waals surface area contributed by atoms with E-state index in [9.17, 15) is 14.4 Å². The lowest BCUT2D eigenvalue weighted by Crippen LogP contribution is -2.61. The molecular formula is C60H74N2O13. The fraction of sp³-hybridized carbons (Fsp3) is 0.450. The van der Waals surface area contributed by atoms with Crippen molar-refractivity contribution in [2.75, 3.05) is 13.7 Å². The summed E-state index contributed by atoms with van der Waals surface area (Å²) < 4.78 is 57.5. The molecule has 1 saturated heterocycles. The predicted molar refractivity (Wildman–Crippen MR) is 282 cm³/mol. The van der Waals surface area contributed by atoms with Crippen molar-refractivity contribution < 1.29 is 61.8 Å². The molecule has 2 heterocycles. The van der Waals surface area contributed by atoms with Crippen molar-refractivity contribution in [2.45, 2.75) is 162 Å². The van der Waals surface area contributed by atoms with Gasteiger partial charge >= 0.3 is 24.0 Å². The Morgan fingerprint density at radius 1 is 0.560 bits per heavy atom. The van der Waals surface area contributed by atoms with Crippen LogP contribution in [-0.4, -0.2) is 96.1 Å². The van der Waals surface area contributed by atoms with Gasteiger partial charge in [0.15, 0.2) is 0 Å². The van der Waals surface area contributed by atoms with Crippen LogP contribution < -0.4 is 5.32 Å². The standard InChI is InChI=1S/C60H74N2O13/c1-39-49(55(64)73-58(2,3)4)44(32-46(54(63)67-11)62-57(66)75-60(8,9)10)50(56(65)74-59(5,6)7)45(61-39)33-47-51(69-35-41-26-18-13-19-27-41)53(71-37-43-30-22-15-23-31-43)52(70-36-42-28-20-14-21-29-42)48(72-47)38-68-34-40-24-16-12-17-25-40/h12-31,46-48,51-53H,32-38H2,1-11H3,(H,62,66)/t46-,47+,48+,51-,52-,53+/m0/s1. The van der Waals surface area contributed by atoms with E-state index in [2.05, 4.69) is 5.32 Å². The highest BCUT2D eigenvalue weighted by molar-refractivity contribution is 6.00. The molecule has 1 amide bonds. The summed E-state index contributed by atoms with van der Waals surface area (Å²) in [4.78, 5) is 61.8. The van der Waals surface area contributed by atoms with Gasteiger partial charge in [-0.3, -0.25) is 4.98 Å². The molecule has 0 aliphatic carbocycles. The molecule has 1 aliphatic heterocycles. The van der Waals surface area contributed by atoms with Gasteiger partial charge in [0, 0.05) is 12.8 Å². The zero-order valence-corrected chi connectivity index (χ0v) is 45.2. The van der Waals surface area contributed by atoms with Crippen molar-refractivity contribution in [3.05, 3.63) is 172 Å². The number of aryl methyl sites for hydroxylation is 1. The van der Waals surface area contributed by atoms with Crippen LogP contribution in [0.4, 0.5) is 4.79 Å². The number of alkyl carbamates (subject to hydrolysis) is 1. The SMILES string of the molecule is COC(=O)[C@H](Cc1c(C(=O)OC(C)(C)C)c(C)nc(C[C@H]2O[C@H](COCc3ccccc3)[C@H](OCc3ccccc3)[C@H](OCc3ccccc3)[C@H]2OCc2ccccc2)c1C(=O)OC(C)(C)C)NC(=O)OC(C)(C)C. The second-order valence-electron chi connectivity index (χ2n) is 21.5. The second-order valence-corrected chi connectivity index (χ2v) is 21.5. The first-order valence-corrected chi connectivity index (χ1v) is 25.4. The maximum absolute atomic E-state index is 15.1. The van der Waals surface area contributed by atoms with Gasteiger partial charge in [0.05, 0.1) is 68.8 Å². The molecule has 1 N–H and O–H groups in total. The number of amides is 1. The topological polar surface area (TPSA) is 176 Å². The second kappa shape index (κ2) is 26.3. The number of nitrogens with one attached hydrogen (secondary N) is 1. The fourth-order valence-corrected chi connectivity index (χ4v) is 8.58. The van der Waals surface area contributed by atoms with Crippen LogP contribution in [0, 0.1) is 6.92 Å². The minimum absolute atomic E-state index is 0.0220. The fourth-order valence-electron chi connectivity index (χ4n) is 8.58. The third kappa shape index (κ3) is 17.8. The van der Waals surface area contributed by atoms with Crippen LogP contribution in [0.5, 0.6) is 0 Å². The number of benzene rings is 4. The zero-order valence-electron chi connectivity index (χ0n) is 45.2. The third-order valence-corrected chi connectivity index (χ3v) is 11.7. The lowest BCUT2D eigenvalue weighted by Gasteiger charge is -2.46. The number of hydrogen-bond acceptors (Lipinski definition) is 14. The first-order chi connectivity index (χ1) is 35.6. The Morgan fingerprint density at radius 2 is 0.973 bits per heavy atom. The van der Waals surface area contributed by atoms with E-state index >= 15 is 4.79 Å². The lowest BCUT2D eigenvalue weighted by molar-refractivity contribution is -0.272. The number of hydrogen-bond donors (Lipinski definition) is 1. The van der Waals surface area contributed by atoms with E-state index in [-0.39, 0.29) is 67.5 Å². The number of carbonyl (C=O) groups is 4. The van der Waals surface area contributed by atoms with Gasteiger partial charge < -0.3 is 47.9 Å². The summed E-state index contributed by atoms with van der Waals surface area (Å²) in [5.41, 5.74) is 0.803. The van der Waals surface area contributed by atoms with Crippen LogP contribution in [0.2, 0.25) is 0 Å². The molecule has 15 heteroatoms. The molecule has 0 spiro atoms. The average molecular weight is 1030 g/mol. The molecule has 4 aromatic carbocycles. The molecule has 6 atom stereocenters. The Labute approximate surface area is 441 Å². The molecular weight excluding hydrogens is 957 g/mol. The Bertz CT molecular complexity index is 2630. The van der Waals surface area contributed by atoms with Crippen LogP contribution in [-0.2, 0) is 86.7 Å². The Kier molecular flexibility index (Phi) is 20.3. The van der Waals surface area contributed by atoms with Crippen molar-refractivity contribution in [2.24, 2.45) is 0 Å². The van der Waals surface area contributed by atoms with Crippen LogP contribution in [0.3, 0.4) is 0 Å². The van der Waals surface area contributed by atoms with Crippen molar-refractivity contribution in [3.8, 4) is 0 Å². The molecule has 5 aromatic rings. The largest absolute Gasteiger partial charge is 0.467 e. The molecule has 0 saturated carbocycles. The number of aromatic nitrogens is 1. The van der Waals surface area contributed by atoms with E-state index in [1.165, 1.54) is 7.11 Å². The summed E-state index contributed by atoms with van der Waals surface area (Å²) in [5, 5.41) is 2.61. The first-order valence-electron chi connectivity index (χ1n) is 25.4. The predicted octanol–water partition coefficient (Wildman–Crippen LogP) is 10.2. The van der Waals surface area contributed by atoms with Gasteiger partial charge in [-0.05, 0) is 97.1 Å². The highest BCUT2D eigenvalue weighted by atomic mass is 16.6. The van der Waals surface area contributed by atoms with E-state index in [4.69, 9.17) is 47.6 Å². The third-order valence-electron chi connectivity index (χ3n) is 11.7. The Morgan fingerprint density at radius 3 is 1.41 bits per heavy atom. The van der Waals surface area contributed by atoms with E-state index in [0.29, 0.717) is 0 Å². The average Bonchev–Trinajstić information content (AvgIpc) is 3.34. The Balaban J connectivity index is 1.56. The van der Waals surface area contributed by atoms with Crippen molar-refractivity contribution >= 4 is 24.0 Å². The van der Waals surface area contributed by atoms with E-state index in [0.717, 1.165) is 22.3 Å². The van der Waals surface area contributed by atoms with Gasteiger partial charge in [-0.15, -0.1) is 0 Å². The molecule has 6 rings (SSSR count). The molecule has 1 aliphatic rings. The van der Waals surface area contributed by atoms with E-state index < -0.39 is 83.8 Å². The molecule has 0 bridgehead atoms. The number of ether oxygens (including phenoxy) is 9. The van der Waals surface area contributed by atoms with Crippen LogP contribution in [0.15, 0.2) is 121 Å². The number of pyridine rings is 1. The van der Waals surface area contributed by atoms with Crippen molar-refractivity contribution in [1.82, 2.24) is 10.3 Å². The van der Waals surface area contributed by atoms with Gasteiger partial charge in [-0.25, -0.2) is 19.2 Å². The smallest absolute Gasteiger partial charge is 0.408 e. The maximum atomic E-state index is 15.1. The molecule has 1 aromatic heterocycles. The zero-order chi connectivity index (χ0) is 54.3. The molecule has 402 valence electrons. The van der Waals surface area contributed by atoms with Crippen molar-refractivity contribution in [1.29, 1.82) is 0 Å². The highest BCUT2D eigenvalue weighted by Crippen LogP contribution is 2.35. The molecule has 0 unspecified atom stereocenters. The van der Waals surface area contributed by atoms with Gasteiger partial charge in [-0.2, -0.15) is 0 Å². The van der Waals surface area contributed by atoms with E-state index in [1.54, 1.807) is 69.2 Å². The summed E-state index contributed by atoms with van der Waals surface area (Å²) >= 11 is 0. The van der Waals surface area contributed by atoms with Gasteiger partial charge in [0.1, 0.15) is 47.3 Å². The van der Waals surface area contributed by atoms with Crippen LogP contribution in [0.1, 0.15) is 122 Å². The quantitative estimate of drug-likeness (QED) is 0.0543. The summed E-state index contributed by atoms with van der Waals surface area (Å²) in [5.74, 6) is -2.54. The number of nitrogens with zero attached hydrogens (tertiary/aromatic N) is 1. The summed E-state index contributed by atoms with van der Waals surface area (Å²) in [6.07, 6.45) is -5.72. The molecule has 1 fully saturated rings.